The second kappa shape index (κ2) is 8.48. The molecule has 5 heteroatoms. The van der Waals surface area contributed by atoms with Crippen LogP contribution < -0.4 is 4.74 Å². The number of carbonyl (C=O) groups is 1. The zero-order valence-corrected chi connectivity index (χ0v) is 17.6. The number of halogens is 2. The summed E-state index contributed by atoms with van der Waals surface area (Å²) in [5, 5.41) is 1.33. The number of hydrogen-bond donors (Lipinski definition) is 0. The van der Waals surface area contributed by atoms with Crippen molar-refractivity contribution in [3.05, 3.63) is 87.9 Å². The van der Waals surface area contributed by atoms with Gasteiger partial charge < -0.3 is 9.64 Å². The first kappa shape index (κ1) is 19.8. The molecule has 0 N–H and O–H groups in total. The largest absolute Gasteiger partial charge is 0.496 e. The zero-order chi connectivity index (χ0) is 20.4. The van der Waals surface area contributed by atoms with Crippen LogP contribution in [0, 0.1) is 0 Å². The molecule has 4 rings (SSSR count). The summed E-state index contributed by atoms with van der Waals surface area (Å²) in [7, 11) is 1.62. The number of methoxy groups -OCH3 is 1. The molecular weight excluding hydrogens is 405 g/mol. The van der Waals surface area contributed by atoms with Crippen molar-refractivity contribution in [1.29, 1.82) is 0 Å². The van der Waals surface area contributed by atoms with Crippen molar-refractivity contribution in [2.45, 2.75) is 18.9 Å². The number of nitrogens with zero attached hydrogens (tertiary/aromatic N) is 1. The van der Waals surface area contributed by atoms with E-state index in [1.54, 1.807) is 13.2 Å². The lowest BCUT2D eigenvalue weighted by Crippen LogP contribution is -2.30. The second-order valence-electron chi connectivity index (χ2n) is 7.10. The van der Waals surface area contributed by atoms with Gasteiger partial charge in [-0.15, -0.1) is 0 Å². The van der Waals surface area contributed by atoms with E-state index in [4.69, 9.17) is 27.9 Å². The van der Waals surface area contributed by atoms with Gasteiger partial charge in [0, 0.05) is 27.7 Å². The number of ether oxygens (including phenoxy) is 1. The maximum Gasteiger partial charge on any atom is 0.254 e. The Morgan fingerprint density at radius 1 is 1.03 bits per heavy atom. The van der Waals surface area contributed by atoms with Crippen molar-refractivity contribution in [2.75, 3.05) is 13.7 Å². The Morgan fingerprint density at radius 3 is 2.52 bits per heavy atom. The molecule has 1 aliphatic rings. The van der Waals surface area contributed by atoms with E-state index in [1.807, 2.05) is 65.6 Å². The molecule has 1 heterocycles. The lowest BCUT2D eigenvalue weighted by atomic mass is 10.0. The maximum atomic E-state index is 13.2. The topological polar surface area (TPSA) is 29.5 Å². The van der Waals surface area contributed by atoms with Crippen LogP contribution in [0.5, 0.6) is 5.75 Å². The van der Waals surface area contributed by atoms with E-state index < -0.39 is 0 Å². The summed E-state index contributed by atoms with van der Waals surface area (Å²) >= 11 is 12.4. The third-order valence-corrected chi connectivity index (χ3v) is 5.96. The summed E-state index contributed by atoms with van der Waals surface area (Å²) in [4.78, 5) is 15.1. The quantitative estimate of drug-likeness (QED) is 0.468. The minimum atomic E-state index is 0.0206. The van der Waals surface area contributed by atoms with Gasteiger partial charge in [-0.1, -0.05) is 53.5 Å². The smallest absolute Gasteiger partial charge is 0.254 e. The van der Waals surface area contributed by atoms with Crippen LogP contribution in [0.25, 0.3) is 11.1 Å². The van der Waals surface area contributed by atoms with Gasteiger partial charge in [0.25, 0.3) is 5.91 Å². The van der Waals surface area contributed by atoms with Gasteiger partial charge in [0.05, 0.1) is 13.2 Å². The molecule has 0 aliphatic carbocycles. The maximum absolute atomic E-state index is 13.2. The molecule has 0 bridgehead atoms. The molecule has 3 aromatic rings. The van der Waals surface area contributed by atoms with Crippen LogP contribution in [0.3, 0.4) is 0 Å². The van der Waals surface area contributed by atoms with Gasteiger partial charge in [-0.05, 0) is 60.4 Å². The van der Waals surface area contributed by atoms with E-state index in [-0.39, 0.29) is 11.9 Å². The minimum absolute atomic E-state index is 0.0206. The molecule has 1 amide bonds. The molecule has 1 atom stereocenters. The number of likely N-dealkylation sites (tertiary alicyclic amines) is 1. The third-order valence-electron chi connectivity index (χ3n) is 5.38. The molecule has 3 aromatic carbocycles. The van der Waals surface area contributed by atoms with E-state index in [0.29, 0.717) is 21.4 Å². The van der Waals surface area contributed by atoms with Gasteiger partial charge >= 0.3 is 0 Å². The monoisotopic (exact) mass is 425 g/mol. The molecule has 0 radical (unpaired) electrons. The molecular formula is C24H21Cl2NO2. The highest BCUT2D eigenvalue weighted by molar-refractivity contribution is 6.31. The van der Waals surface area contributed by atoms with E-state index in [2.05, 4.69) is 0 Å². The third kappa shape index (κ3) is 3.98. The highest BCUT2D eigenvalue weighted by Crippen LogP contribution is 2.37. The summed E-state index contributed by atoms with van der Waals surface area (Å²) < 4.78 is 5.44. The van der Waals surface area contributed by atoms with E-state index in [0.717, 1.165) is 36.1 Å². The number of rotatable bonds is 4. The SMILES string of the molecule is COc1cc(Cl)ccc1-c1ccc(C(=O)N2CCC[C@@H]2c2ccccc2Cl)cc1. The van der Waals surface area contributed by atoms with Crippen molar-refractivity contribution in [2.24, 2.45) is 0 Å². The summed E-state index contributed by atoms with van der Waals surface area (Å²) in [6.07, 6.45) is 1.90. The summed E-state index contributed by atoms with van der Waals surface area (Å²) in [5.41, 5.74) is 3.59. The van der Waals surface area contributed by atoms with Crippen molar-refractivity contribution in [3.63, 3.8) is 0 Å². The average molecular weight is 426 g/mol. The van der Waals surface area contributed by atoms with Gasteiger partial charge in [0.2, 0.25) is 0 Å². The van der Waals surface area contributed by atoms with Crippen molar-refractivity contribution in [1.82, 2.24) is 4.90 Å². The number of benzene rings is 3. The molecule has 148 valence electrons. The molecule has 0 aromatic heterocycles. The van der Waals surface area contributed by atoms with Crippen LogP contribution in [0.15, 0.2) is 66.7 Å². The predicted octanol–water partition coefficient (Wildman–Crippen LogP) is 6.65. The fourth-order valence-electron chi connectivity index (χ4n) is 3.94. The van der Waals surface area contributed by atoms with Gasteiger partial charge in [-0.3, -0.25) is 4.79 Å². The first-order chi connectivity index (χ1) is 14.1. The number of carbonyl (C=O) groups excluding carboxylic acids is 1. The lowest BCUT2D eigenvalue weighted by Gasteiger charge is -2.26. The summed E-state index contributed by atoms with van der Waals surface area (Å²) in [5.74, 6) is 0.733. The van der Waals surface area contributed by atoms with Crippen LogP contribution in [0.4, 0.5) is 0 Å². The molecule has 0 spiro atoms. The van der Waals surface area contributed by atoms with Crippen molar-refractivity contribution < 1.29 is 9.53 Å². The fraction of sp³-hybridized carbons (Fsp3) is 0.208. The molecule has 1 fully saturated rings. The zero-order valence-electron chi connectivity index (χ0n) is 16.1. The highest BCUT2D eigenvalue weighted by atomic mass is 35.5. The Bertz CT molecular complexity index is 1030. The molecule has 1 saturated heterocycles. The highest BCUT2D eigenvalue weighted by Gasteiger charge is 2.31. The van der Waals surface area contributed by atoms with E-state index in [1.165, 1.54) is 0 Å². The van der Waals surface area contributed by atoms with Crippen molar-refractivity contribution >= 4 is 29.1 Å². The minimum Gasteiger partial charge on any atom is -0.496 e. The summed E-state index contributed by atoms with van der Waals surface area (Å²) in [6, 6.07) is 21.0. The summed E-state index contributed by atoms with van der Waals surface area (Å²) in [6.45, 7) is 0.738. The van der Waals surface area contributed by atoms with Crippen LogP contribution in [0.2, 0.25) is 10.0 Å². The number of hydrogen-bond acceptors (Lipinski definition) is 2. The average Bonchev–Trinajstić information content (AvgIpc) is 3.23. The Hall–Kier alpha value is -2.49. The molecule has 1 aliphatic heterocycles. The fourth-order valence-corrected chi connectivity index (χ4v) is 4.36. The normalized spacial score (nSPS) is 16.1. The van der Waals surface area contributed by atoms with Gasteiger partial charge in [0.15, 0.2) is 0 Å². The van der Waals surface area contributed by atoms with Crippen molar-refractivity contribution in [3.8, 4) is 16.9 Å². The van der Waals surface area contributed by atoms with Crippen LogP contribution in [0.1, 0.15) is 34.8 Å². The van der Waals surface area contributed by atoms with Crippen LogP contribution >= 0.6 is 23.2 Å². The first-order valence-electron chi connectivity index (χ1n) is 9.58. The standard InChI is InChI=1S/C24H21Cl2NO2/c1-29-23-15-18(25)12-13-19(23)16-8-10-17(11-9-16)24(28)27-14-4-7-22(27)20-5-2-3-6-21(20)26/h2-3,5-6,8-13,15,22H,4,7,14H2,1H3/t22-/m1/s1. The molecule has 0 saturated carbocycles. The second-order valence-corrected chi connectivity index (χ2v) is 7.94. The molecule has 29 heavy (non-hydrogen) atoms. The Kier molecular flexibility index (Phi) is 5.79. The van der Waals surface area contributed by atoms with Crippen LogP contribution in [-0.2, 0) is 0 Å². The predicted molar refractivity (Wildman–Crippen MR) is 118 cm³/mol. The van der Waals surface area contributed by atoms with Crippen LogP contribution in [-0.4, -0.2) is 24.5 Å². The number of amides is 1. The van der Waals surface area contributed by atoms with E-state index in [9.17, 15) is 4.79 Å². The van der Waals surface area contributed by atoms with E-state index >= 15 is 0 Å². The Balaban J connectivity index is 1.59. The lowest BCUT2D eigenvalue weighted by molar-refractivity contribution is 0.0736. The molecule has 0 unspecified atom stereocenters. The Morgan fingerprint density at radius 2 is 1.79 bits per heavy atom. The first-order valence-corrected chi connectivity index (χ1v) is 10.3. The Labute approximate surface area is 180 Å². The van der Waals surface area contributed by atoms with Gasteiger partial charge in [0.1, 0.15) is 5.75 Å². The van der Waals surface area contributed by atoms with Gasteiger partial charge in [-0.25, -0.2) is 0 Å². The van der Waals surface area contributed by atoms with Gasteiger partial charge in [-0.2, -0.15) is 0 Å². The molecule has 3 nitrogen and oxygen atoms in total.